The second-order valence-corrected chi connectivity index (χ2v) is 6.59. The van der Waals surface area contributed by atoms with E-state index in [9.17, 15) is 9.59 Å². The maximum atomic E-state index is 13.2. The fraction of sp³-hybridized carbons (Fsp3) is 0.211. The van der Waals surface area contributed by atoms with Crippen molar-refractivity contribution in [3.05, 3.63) is 70.4 Å². The highest BCUT2D eigenvalue weighted by atomic mass is 16.2. The van der Waals surface area contributed by atoms with Gasteiger partial charge in [0.25, 0.3) is 11.5 Å². The minimum Gasteiger partial charge on any atom is -0.348 e. The zero-order chi connectivity index (χ0) is 17.8. The summed E-state index contributed by atoms with van der Waals surface area (Å²) in [6.07, 6.45) is 3.58. The number of rotatable bonds is 1. The number of fused-ring (bicyclic) bond motifs is 4. The number of nitrogens with zero attached hydrogens (tertiary/aromatic N) is 4. The van der Waals surface area contributed by atoms with Crippen molar-refractivity contribution in [3.8, 4) is 0 Å². The monoisotopic (exact) mass is 347 g/mol. The van der Waals surface area contributed by atoms with E-state index >= 15 is 0 Å². The number of H-pyrrole nitrogens is 1. The summed E-state index contributed by atoms with van der Waals surface area (Å²) in [6, 6.07) is 11.2. The number of hydrogen-bond donors (Lipinski definition) is 1. The zero-order valence-electron chi connectivity index (χ0n) is 14.2. The molecular weight excluding hydrogens is 330 g/mol. The van der Waals surface area contributed by atoms with Crippen molar-refractivity contribution in [1.29, 1.82) is 0 Å². The van der Waals surface area contributed by atoms with Crippen LogP contribution >= 0.6 is 0 Å². The molecule has 0 fully saturated rings. The third-order valence-electron chi connectivity index (χ3n) is 5.21. The molecule has 1 aliphatic rings. The van der Waals surface area contributed by atoms with E-state index in [1.807, 2.05) is 48.4 Å². The minimum absolute atomic E-state index is 0.0339. The van der Waals surface area contributed by atoms with Gasteiger partial charge in [-0.3, -0.25) is 9.59 Å². The number of carbonyl (C=O) groups excluding carboxylic acids is 1. The van der Waals surface area contributed by atoms with Crippen LogP contribution in [0.25, 0.3) is 16.6 Å². The van der Waals surface area contributed by atoms with E-state index in [0.717, 1.165) is 12.2 Å². The highest BCUT2D eigenvalue weighted by Crippen LogP contribution is 2.27. The summed E-state index contributed by atoms with van der Waals surface area (Å²) in [5.41, 5.74) is 2.43. The first-order chi connectivity index (χ1) is 12.6. The molecule has 26 heavy (non-hydrogen) atoms. The molecule has 0 aliphatic carbocycles. The highest BCUT2D eigenvalue weighted by molar-refractivity contribution is 6.00. The Kier molecular flexibility index (Phi) is 3.06. The summed E-state index contributed by atoms with van der Waals surface area (Å²) in [7, 11) is 0. The molecule has 1 aliphatic heterocycles. The zero-order valence-corrected chi connectivity index (χ0v) is 14.2. The number of aromatic nitrogens is 4. The molecule has 0 saturated carbocycles. The number of hydrogen-bond acceptors (Lipinski definition) is 3. The Balaban J connectivity index is 1.64. The largest absolute Gasteiger partial charge is 0.348 e. The lowest BCUT2D eigenvalue weighted by Gasteiger charge is -2.34. The maximum absolute atomic E-state index is 13.2. The van der Waals surface area contributed by atoms with Gasteiger partial charge in [-0.2, -0.15) is 5.10 Å². The number of benzene rings is 1. The lowest BCUT2D eigenvalue weighted by molar-refractivity contribution is 0.0646. The lowest BCUT2D eigenvalue weighted by atomic mass is 10.1. The third kappa shape index (κ3) is 1.97. The molecule has 1 atom stereocenters. The van der Waals surface area contributed by atoms with Crippen LogP contribution in [0.3, 0.4) is 0 Å². The Morgan fingerprint density at radius 2 is 2.04 bits per heavy atom. The molecule has 7 heteroatoms. The summed E-state index contributed by atoms with van der Waals surface area (Å²) in [4.78, 5) is 30.3. The van der Waals surface area contributed by atoms with Crippen molar-refractivity contribution in [2.75, 3.05) is 6.54 Å². The van der Waals surface area contributed by atoms with E-state index < -0.39 is 0 Å². The molecule has 1 N–H and O–H groups in total. The molecule has 3 aromatic heterocycles. The van der Waals surface area contributed by atoms with E-state index in [1.54, 1.807) is 16.8 Å². The second kappa shape index (κ2) is 5.32. The van der Waals surface area contributed by atoms with Crippen molar-refractivity contribution < 1.29 is 4.79 Å². The highest BCUT2D eigenvalue weighted by Gasteiger charge is 2.30. The van der Waals surface area contributed by atoms with Crippen LogP contribution in [0.1, 0.15) is 29.0 Å². The summed E-state index contributed by atoms with van der Waals surface area (Å²) >= 11 is 0. The molecule has 5 rings (SSSR count). The Labute approximate surface area is 148 Å². The molecule has 130 valence electrons. The van der Waals surface area contributed by atoms with E-state index in [0.29, 0.717) is 28.7 Å². The second-order valence-electron chi connectivity index (χ2n) is 6.59. The molecule has 1 aromatic carbocycles. The third-order valence-corrected chi connectivity index (χ3v) is 5.21. The van der Waals surface area contributed by atoms with Gasteiger partial charge in [0.1, 0.15) is 11.2 Å². The summed E-state index contributed by atoms with van der Waals surface area (Å²) in [6.45, 7) is 3.40. The van der Waals surface area contributed by atoms with Gasteiger partial charge in [0.05, 0.1) is 23.1 Å². The van der Waals surface area contributed by atoms with Crippen molar-refractivity contribution in [3.63, 3.8) is 0 Å². The van der Waals surface area contributed by atoms with E-state index in [4.69, 9.17) is 0 Å². The molecule has 1 amide bonds. The quantitative estimate of drug-likeness (QED) is 0.573. The molecule has 0 bridgehead atoms. The van der Waals surface area contributed by atoms with Crippen molar-refractivity contribution >= 4 is 22.5 Å². The average Bonchev–Trinajstić information content (AvgIpc) is 3.29. The van der Waals surface area contributed by atoms with Crippen LogP contribution in [-0.4, -0.2) is 36.5 Å². The summed E-state index contributed by atoms with van der Waals surface area (Å²) in [5, 5.41) is 4.90. The SMILES string of the molecule is CC1c2cccn2CCN1C(=O)c1cnn2c1[nH]c(=O)c1ccccc12. The van der Waals surface area contributed by atoms with Crippen LogP contribution in [0.15, 0.2) is 53.6 Å². The molecule has 7 nitrogen and oxygen atoms in total. The maximum Gasteiger partial charge on any atom is 0.259 e. The van der Waals surface area contributed by atoms with Gasteiger partial charge in [0, 0.05) is 25.0 Å². The van der Waals surface area contributed by atoms with Crippen molar-refractivity contribution in [2.24, 2.45) is 0 Å². The first-order valence-corrected chi connectivity index (χ1v) is 8.60. The Morgan fingerprint density at radius 1 is 1.19 bits per heavy atom. The average molecular weight is 347 g/mol. The van der Waals surface area contributed by atoms with E-state index in [-0.39, 0.29) is 17.5 Å². The van der Waals surface area contributed by atoms with Gasteiger partial charge in [-0.25, -0.2) is 4.52 Å². The van der Waals surface area contributed by atoms with Gasteiger partial charge in [0.2, 0.25) is 0 Å². The lowest BCUT2D eigenvalue weighted by Crippen LogP contribution is -2.40. The van der Waals surface area contributed by atoms with Gasteiger partial charge >= 0.3 is 0 Å². The topological polar surface area (TPSA) is 75.4 Å². The first-order valence-electron chi connectivity index (χ1n) is 8.60. The van der Waals surface area contributed by atoms with Crippen LogP contribution in [-0.2, 0) is 6.54 Å². The van der Waals surface area contributed by atoms with Gasteiger partial charge < -0.3 is 14.5 Å². The summed E-state index contributed by atoms with van der Waals surface area (Å²) < 4.78 is 3.79. The number of aromatic amines is 1. The van der Waals surface area contributed by atoms with Crippen LogP contribution < -0.4 is 5.56 Å². The normalized spacial score (nSPS) is 17.0. The molecule has 0 saturated heterocycles. The summed E-state index contributed by atoms with van der Waals surface area (Å²) in [5.74, 6) is -0.120. The Bertz CT molecular complexity index is 1220. The van der Waals surface area contributed by atoms with E-state index in [2.05, 4.69) is 14.6 Å². The number of carbonyl (C=O) groups is 1. The molecule has 4 aromatic rings. The molecular formula is C19H17N5O2. The van der Waals surface area contributed by atoms with Crippen LogP contribution in [0.5, 0.6) is 0 Å². The molecule has 1 unspecified atom stereocenters. The van der Waals surface area contributed by atoms with Crippen LogP contribution in [0.2, 0.25) is 0 Å². The predicted molar refractivity (Wildman–Crippen MR) is 97.2 cm³/mol. The molecule has 0 spiro atoms. The number of para-hydroxylation sites is 1. The Morgan fingerprint density at radius 3 is 2.92 bits per heavy atom. The van der Waals surface area contributed by atoms with Gasteiger partial charge in [0.15, 0.2) is 0 Å². The van der Waals surface area contributed by atoms with Crippen molar-refractivity contribution in [2.45, 2.75) is 19.5 Å². The molecule has 0 radical (unpaired) electrons. The number of amides is 1. The van der Waals surface area contributed by atoms with Crippen LogP contribution in [0.4, 0.5) is 0 Å². The fourth-order valence-electron chi connectivity index (χ4n) is 3.84. The predicted octanol–water partition coefficient (Wildman–Crippen LogP) is 2.19. The number of nitrogens with one attached hydrogen (secondary N) is 1. The smallest absolute Gasteiger partial charge is 0.259 e. The van der Waals surface area contributed by atoms with Gasteiger partial charge in [-0.1, -0.05) is 12.1 Å². The van der Waals surface area contributed by atoms with Crippen LogP contribution in [0, 0.1) is 0 Å². The standard InChI is InChI=1S/C19H17N5O2/c1-12-15-7-4-8-22(15)9-10-23(12)19(26)14-11-20-24-16-6-3-2-5-13(16)18(25)21-17(14)24/h2-8,11-12H,9-10H2,1H3,(H,21,25). The van der Waals surface area contributed by atoms with Crippen molar-refractivity contribution in [1.82, 2.24) is 24.1 Å². The fourth-order valence-corrected chi connectivity index (χ4v) is 3.84. The first kappa shape index (κ1) is 14.9. The minimum atomic E-state index is -0.219. The Hall–Kier alpha value is -3.35. The van der Waals surface area contributed by atoms with Gasteiger partial charge in [-0.05, 0) is 31.2 Å². The van der Waals surface area contributed by atoms with E-state index in [1.165, 1.54) is 0 Å². The molecule has 4 heterocycles. The van der Waals surface area contributed by atoms with Gasteiger partial charge in [-0.15, -0.1) is 0 Å².